The zero-order chi connectivity index (χ0) is 19.0. The first-order valence-corrected chi connectivity index (χ1v) is 9.15. The minimum absolute atomic E-state index is 0.151. The molecule has 27 heavy (non-hydrogen) atoms. The lowest BCUT2D eigenvalue weighted by Gasteiger charge is -2.26. The van der Waals surface area contributed by atoms with Gasteiger partial charge in [-0.15, -0.1) is 0 Å². The minimum Gasteiger partial charge on any atom is -0.507 e. The number of aryl methyl sites for hydroxylation is 2. The van der Waals surface area contributed by atoms with Gasteiger partial charge in [-0.1, -0.05) is 6.07 Å². The molecule has 2 aromatic carbocycles. The van der Waals surface area contributed by atoms with Gasteiger partial charge in [-0.2, -0.15) is 0 Å². The molecule has 6 heteroatoms. The molecule has 4 rings (SSSR count). The third-order valence-corrected chi connectivity index (χ3v) is 5.04. The number of benzene rings is 2. The van der Waals surface area contributed by atoms with Crippen molar-refractivity contribution in [3.63, 3.8) is 0 Å². The second kappa shape index (κ2) is 7.13. The maximum absolute atomic E-state index is 12.7. The molecule has 1 aliphatic rings. The van der Waals surface area contributed by atoms with Gasteiger partial charge in [0.15, 0.2) is 0 Å². The quantitative estimate of drug-likeness (QED) is 0.746. The number of ether oxygens (including phenoxy) is 1. The van der Waals surface area contributed by atoms with E-state index in [1.54, 1.807) is 0 Å². The number of phenolic OH excluding ortho intramolecular Hbond substituents is 1. The first-order valence-electron chi connectivity index (χ1n) is 9.15. The molecule has 3 aromatic rings. The van der Waals surface area contributed by atoms with Gasteiger partial charge in [0, 0.05) is 25.2 Å². The summed E-state index contributed by atoms with van der Waals surface area (Å²) in [6, 6.07) is 9.53. The summed E-state index contributed by atoms with van der Waals surface area (Å²) in [7, 11) is 0. The van der Waals surface area contributed by atoms with Crippen LogP contribution in [0.15, 0.2) is 35.1 Å². The van der Waals surface area contributed by atoms with Gasteiger partial charge >= 0.3 is 0 Å². The van der Waals surface area contributed by atoms with Gasteiger partial charge in [-0.05, 0) is 54.8 Å². The first-order chi connectivity index (χ1) is 13.0. The monoisotopic (exact) mass is 365 g/mol. The molecule has 1 aliphatic heterocycles. The third-order valence-electron chi connectivity index (χ3n) is 5.04. The highest BCUT2D eigenvalue weighted by Gasteiger charge is 2.13. The molecule has 0 unspecified atom stereocenters. The first kappa shape index (κ1) is 17.7. The van der Waals surface area contributed by atoms with E-state index in [0.717, 1.165) is 55.1 Å². The molecule has 2 N–H and O–H groups in total. The van der Waals surface area contributed by atoms with E-state index < -0.39 is 0 Å². The van der Waals surface area contributed by atoms with Crippen LogP contribution in [0, 0.1) is 13.8 Å². The van der Waals surface area contributed by atoms with Gasteiger partial charge in [0.25, 0.3) is 5.56 Å². The number of morpholine rings is 1. The van der Waals surface area contributed by atoms with Gasteiger partial charge in [-0.3, -0.25) is 9.69 Å². The van der Waals surface area contributed by atoms with Crippen LogP contribution in [-0.2, 0) is 11.3 Å². The summed E-state index contributed by atoms with van der Waals surface area (Å²) in [4.78, 5) is 22.5. The number of aromatic amines is 1. The number of aromatic hydroxyl groups is 1. The van der Waals surface area contributed by atoms with Crippen LogP contribution in [0.1, 0.15) is 16.7 Å². The molecule has 1 aromatic heterocycles. The molecule has 1 saturated heterocycles. The molecule has 2 heterocycles. The summed E-state index contributed by atoms with van der Waals surface area (Å²) in [5.74, 6) is 0.786. The Hall–Kier alpha value is -2.70. The predicted octanol–water partition coefficient (Wildman–Crippen LogP) is 2.74. The fourth-order valence-electron chi connectivity index (χ4n) is 3.53. The Morgan fingerprint density at radius 2 is 1.85 bits per heavy atom. The van der Waals surface area contributed by atoms with Crippen LogP contribution in [0.25, 0.3) is 22.3 Å². The molecule has 0 amide bonds. The number of fused-ring (bicyclic) bond motifs is 1. The topological polar surface area (TPSA) is 78.5 Å². The van der Waals surface area contributed by atoms with E-state index in [0.29, 0.717) is 16.7 Å². The highest BCUT2D eigenvalue weighted by molar-refractivity contribution is 5.80. The fraction of sp³-hybridized carbons (Fsp3) is 0.333. The van der Waals surface area contributed by atoms with E-state index in [1.165, 1.54) is 0 Å². The van der Waals surface area contributed by atoms with Crippen molar-refractivity contribution in [1.29, 1.82) is 0 Å². The molecule has 0 bridgehead atoms. The number of phenols is 1. The van der Waals surface area contributed by atoms with Crippen molar-refractivity contribution in [2.24, 2.45) is 0 Å². The van der Waals surface area contributed by atoms with Gasteiger partial charge in [0.1, 0.15) is 11.6 Å². The van der Waals surface area contributed by atoms with Crippen LogP contribution in [-0.4, -0.2) is 46.3 Å². The van der Waals surface area contributed by atoms with E-state index in [4.69, 9.17) is 4.74 Å². The summed E-state index contributed by atoms with van der Waals surface area (Å²) in [5, 5.41) is 10.6. The average molecular weight is 365 g/mol. The van der Waals surface area contributed by atoms with Crippen LogP contribution in [0.4, 0.5) is 0 Å². The van der Waals surface area contributed by atoms with Crippen LogP contribution in [0.2, 0.25) is 0 Å². The molecule has 0 spiro atoms. The van der Waals surface area contributed by atoms with Gasteiger partial charge in [0.05, 0.1) is 24.1 Å². The van der Waals surface area contributed by atoms with E-state index in [-0.39, 0.29) is 11.3 Å². The normalized spacial score (nSPS) is 15.3. The number of hydrogen-bond acceptors (Lipinski definition) is 5. The second-order valence-corrected chi connectivity index (χ2v) is 7.11. The average Bonchev–Trinajstić information content (AvgIpc) is 2.67. The summed E-state index contributed by atoms with van der Waals surface area (Å²) >= 11 is 0. The van der Waals surface area contributed by atoms with E-state index in [1.807, 2.05) is 44.2 Å². The smallest absolute Gasteiger partial charge is 0.259 e. The zero-order valence-electron chi connectivity index (χ0n) is 15.6. The predicted molar refractivity (Wildman–Crippen MR) is 105 cm³/mol. The Balaban J connectivity index is 1.70. The molecule has 0 atom stereocenters. The Bertz CT molecular complexity index is 1030. The summed E-state index contributed by atoms with van der Waals surface area (Å²) in [5.41, 5.74) is 3.92. The number of aromatic nitrogens is 2. The minimum atomic E-state index is -0.151. The molecular formula is C21H23N3O3. The van der Waals surface area contributed by atoms with Crippen LogP contribution < -0.4 is 5.56 Å². The number of nitrogens with one attached hydrogen (secondary N) is 1. The maximum Gasteiger partial charge on any atom is 0.259 e. The van der Waals surface area contributed by atoms with Gasteiger partial charge < -0.3 is 14.8 Å². The van der Waals surface area contributed by atoms with Crippen LogP contribution in [0.5, 0.6) is 5.75 Å². The van der Waals surface area contributed by atoms with Crippen molar-refractivity contribution in [1.82, 2.24) is 14.9 Å². The molecule has 6 nitrogen and oxygen atoms in total. The second-order valence-electron chi connectivity index (χ2n) is 7.11. The molecular weight excluding hydrogens is 342 g/mol. The van der Waals surface area contributed by atoms with Crippen molar-refractivity contribution in [2.45, 2.75) is 20.4 Å². The Kier molecular flexibility index (Phi) is 4.68. The van der Waals surface area contributed by atoms with Gasteiger partial charge in [0.2, 0.25) is 0 Å². The molecule has 0 radical (unpaired) electrons. The van der Waals surface area contributed by atoms with Crippen LogP contribution >= 0.6 is 0 Å². The van der Waals surface area contributed by atoms with Crippen molar-refractivity contribution in [3.8, 4) is 17.1 Å². The van der Waals surface area contributed by atoms with E-state index in [2.05, 4.69) is 14.9 Å². The van der Waals surface area contributed by atoms with Crippen LogP contribution in [0.3, 0.4) is 0 Å². The number of hydrogen-bond donors (Lipinski definition) is 2. The third kappa shape index (κ3) is 3.59. The molecule has 140 valence electrons. The Morgan fingerprint density at radius 1 is 1.15 bits per heavy atom. The van der Waals surface area contributed by atoms with Gasteiger partial charge in [-0.25, -0.2) is 4.98 Å². The zero-order valence-corrected chi connectivity index (χ0v) is 15.6. The lowest BCUT2D eigenvalue weighted by atomic mass is 10.0. The highest BCUT2D eigenvalue weighted by Crippen LogP contribution is 2.27. The Morgan fingerprint density at radius 3 is 2.56 bits per heavy atom. The maximum atomic E-state index is 12.7. The lowest BCUT2D eigenvalue weighted by Crippen LogP contribution is -2.35. The standard InChI is InChI=1S/C21H23N3O3/c1-13-9-16(10-14(2)19(13)25)20-22-18-4-3-15(11-17(18)21(26)23-20)12-24-5-7-27-8-6-24/h3-4,9-11,25H,5-8,12H2,1-2H3,(H,22,23,26). The number of nitrogens with zero attached hydrogens (tertiary/aromatic N) is 2. The molecule has 0 aliphatic carbocycles. The van der Waals surface area contributed by atoms with Crippen molar-refractivity contribution >= 4 is 10.9 Å². The summed E-state index contributed by atoms with van der Waals surface area (Å²) in [6.07, 6.45) is 0. The van der Waals surface area contributed by atoms with E-state index >= 15 is 0 Å². The summed E-state index contributed by atoms with van der Waals surface area (Å²) < 4.78 is 5.38. The molecule has 1 fully saturated rings. The fourth-order valence-corrected chi connectivity index (χ4v) is 3.53. The number of H-pyrrole nitrogens is 1. The van der Waals surface area contributed by atoms with Crippen molar-refractivity contribution in [3.05, 3.63) is 57.4 Å². The largest absolute Gasteiger partial charge is 0.507 e. The molecule has 0 saturated carbocycles. The summed E-state index contributed by atoms with van der Waals surface area (Å²) in [6.45, 7) is 7.80. The highest BCUT2D eigenvalue weighted by atomic mass is 16.5. The van der Waals surface area contributed by atoms with Crippen molar-refractivity contribution in [2.75, 3.05) is 26.3 Å². The number of rotatable bonds is 3. The lowest BCUT2D eigenvalue weighted by molar-refractivity contribution is 0.0342. The van der Waals surface area contributed by atoms with Crippen molar-refractivity contribution < 1.29 is 9.84 Å². The van der Waals surface area contributed by atoms with E-state index in [9.17, 15) is 9.90 Å². The SMILES string of the molecule is Cc1cc(-c2nc3ccc(CN4CCOCC4)cc3c(=O)[nH]2)cc(C)c1O. The Labute approximate surface area is 157 Å².